The first kappa shape index (κ1) is 13.3. The average molecular weight is 275 g/mol. The Hall–Kier alpha value is -1.71. The molecule has 3 rings (SSSR count). The van der Waals surface area contributed by atoms with Gasteiger partial charge >= 0.3 is 0 Å². The first-order valence-corrected chi connectivity index (χ1v) is 7.27. The summed E-state index contributed by atoms with van der Waals surface area (Å²) in [6.07, 6.45) is 4.20. The number of methoxy groups -OCH3 is 2. The van der Waals surface area contributed by atoms with Crippen molar-refractivity contribution < 1.29 is 14.3 Å². The molecular formula is C16H21NO3. The number of carbonyl (C=O) groups excluding carboxylic acids is 1. The van der Waals surface area contributed by atoms with Crippen LogP contribution in [0.5, 0.6) is 11.5 Å². The van der Waals surface area contributed by atoms with Gasteiger partial charge in [0.25, 0.3) is 0 Å². The van der Waals surface area contributed by atoms with Crippen LogP contribution in [0.1, 0.15) is 37.3 Å². The average Bonchev–Trinajstić information content (AvgIpc) is 3.23. The molecule has 0 bridgehead atoms. The van der Waals surface area contributed by atoms with E-state index in [0.29, 0.717) is 5.91 Å². The van der Waals surface area contributed by atoms with Crippen molar-refractivity contribution in [2.45, 2.75) is 31.7 Å². The van der Waals surface area contributed by atoms with Crippen LogP contribution in [0, 0.1) is 5.92 Å². The van der Waals surface area contributed by atoms with E-state index in [1.807, 2.05) is 23.1 Å². The van der Waals surface area contributed by atoms with Gasteiger partial charge in [-0.25, -0.2) is 0 Å². The molecule has 2 aliphatic rings. The molecule has 1 atom stereocenters. The van der Waals surface area contributed by atoms with Crippen molar-refractivity contribution in [1.29, 1.82) is 0 Å². The maximum atomic E-state index is 12.4. The Bertz CT molecular complexity index is 510. The lowest BCUT2D eigenvalue weighted by Gasteiger charge is -2.26. The monoisotopic (exact) mass is 275 g/mol. The molecule has 1 aliphatic heterocycles. The van der Waals surface area contributed by atoms with Crippen molar-refractivity contribution in [2.75, 3.05) is 20.8 Å². The topological polar surface area (TPSA) is 38.8 Å². The second-order valence-corrected chi connectivity index (χ2v) is 5.57. The van der Waals surface area contributed by atoms with E-state index in [9.17, 15) is 4.79 Å². The number of nitrogens with zero attached hydrogens (tertiary/aromatic N) is 1. The predicted molar refractivity (Wildman–Crippen MR) is 76.0 cm³/mol. The standard InChI is InChI=1S/C16H21NO3/c1-19-12-7-8-13(15(10-12)20-2)14-4-3-9-17(14)16(18)11-5-6-11/h7-8,10-11,14H,3-6,9H2,1-2H3. The van der Waals surface area contributed by atoms with Crippen LogP contribution in [0.4, 0.5) is 0 Å². The van der Waals surface area contributed by atoms with Gasteiger partial charge in [0.2, 0.25) is 5.91 Å². The highest BCUT2D eigenvalue weighted by Gasteiger charge is 2.39. The highest BCUT2D eigenvalue weighted by atomic mass is 16.5. The molecule has 1 saturated heterocycles. The summed E-state index contributed by atoms with van der Waals surface area (Å²) in [5.74, 6) is 2.19. The highest BCUT2D eigenvalue weighted by Crippen LogP contribution is 2.42. The van der Waals surface area contributed by atoms with Crippen molar-refractivity contribution in [2.24, 2.45) is 5.92 Å². The molecule has 1 saturated carbocycles. The zero-order chi connectivity index (χ0) is 14.1. The van der Waals surface area contributed by atoms with Gasteiger partial charge in [0.1, 0.15) is 11.5 Å². The van der Waals surface area contributed by atoms with Crippen molar-refractivity contribution >= 4 is 5.91 Å². The van der Waals surface area contributed by atoms with Crippen LogP contribution in [0.25, 0.3) is 0 Å². The van der Waals surface area contributed by atoms with Crippen molar-refractivity contribution in [3.05, 3.63) is 23.8 Å². The smallest absolute Gasteiger partial charge is 0.226 e. The van der Waals surface area contributed by atoms with Crippen LogP contribution in [0.2, 0.25) is 0 Å². The van der Waals surface area contributed by atoms with E-state index in [1.54, 1.807) is 14.2 Å². The first-order chi connectivity index (χ1) is 9.74. The summed E-state index contributed by atoms with van der Waals surface area (Å²) >= 11 is 0. The van der Waals surface area contributed by atoms with Gasteiger partial charge in [-0.1, -0.05) is 0 Å². The maximum Gasteiger partial charge on any atom is 0.226 e. The quantitative estimate of drug-likeness (QED) is 0.848. The molecule has 1 amide bonds. The number of benzene rings is 1. The second kappa shape index (κ2) is 5.35. The van der Waals surface area contributed by atoms with Crippen LogP contribution >= 0.6 is 0 Å². The molecule has 4 nitrogen and oxygen atoms in total. The van der Waals surface area contributed by atoms with Crippen LogP contribution in [-0.4, -0.2) is 31.6 Å². The zero-order valence-electron chi connectivity index (χ0n) is 12.1. The van der Waals surface area contributed by atoms with Gasteiger partial charge in [-0.15, -0.1) is 0 Å². The van der Waals surface area contributed by atoms with Gasteiger partial charge in [0.15, 0.2) is 0 Å². The lowest BCUT2D eigenvalue weighted by molar-refractivity contribution is -0.133. The normalized spacial score (nSPS) is 21.9. The summed E-state index contributed by atoms with van der Waals surface area (Å²) in [4.78, 5) is 14.4. The van der Waals surface area contributed by atoms with E-state index < -0.39 is 0 Å². The number of hydrogen-bond donors (Lipinski definition) is 0. The summed E-state index contributed by atoms with van der Waals surface area (Å²) < 4.78 is 10.7. The summed E-state index contributed by atoms with van der Waals surface area (Å²) in [5, 5.41) is 0. The predicted octanol–water partition coefficient (Wildman–Crippen LogP) is 2.78. The fourth-order valence-electron chi connectivity index (χ4n) is 3.01. The van der Waals surface area contributed by atoms with E-state index in [4.69, 9.17) is 9.47 Å². The number of carbonyl (C=O) groups is 1. The molecule has 0 radical (unpaired) electrons. The Balaban J connectivity index is 1.88. The van der Waals surface area contributed by atoms with Crippen molar-refractivity contribution in [3.8, 4) is 11.5 Å². The van der Waals surface area contributed by atoms with Crippen molar-refractivity contribution in [1.82, 2.24) is 4.90 Å². The van der Waals surface area contributed by atoms with Gasteiger partial charge in [0.05, 0.1) is 20.3 Å². The van der Waals surface area contributed by atoms with E-state index in [2.05, 4.69) is 0 Å². The molecule has 0 spiro atoms. The second-order valence-electron chi connectivity index (χ2n) is 5.57. The third kappa shape index (κ3) is 2.35. The molecule has 1 heterocycles. The summed E-state index contributed by atoms with van der Waals surface area (Å²) in [7, 11) is 3.31. The molecule has 1 aromatic carbocycles. The van der Waals surface area contributed by atoms with Gasteiger partial charge in [-0.3, -0.25) is 4.79 Å². The van der Waals surface area contributed by atoms with E-state index in [0.717, 1.165) is 49.3 Å². The van der Waals surface area contributed by atoms with Gasteiger partial charge in [0, 0.05) is 24.1 Å². The van der Waals surface area contributed by atoms with E-state index >= 15 is 0 Å². The zero-order valence-corrected chi connectivity index (χ0v) is 12.1. The molecule has 0 aromatic heterocycles. The highest BCUT2D eigenvalue weighted by molar-refractivity contribution is 5.81. The Morgan fingerprint density at radius 2 is 2.00 bits per heavy atom. The largest absolute Gasteiger partial charge is 0.497 e. The SMILES string of the molecule is COc1ccc(C2CCCN2C(=O)C2CC2)c(OC)c1. The van der Waals surface area contributed by atoms with Crippen LogP contribution in [-0.2, 0) is 4.79 Å². The van der Waals surface area contributed by atoms with Gasteiger partial charge in [-0.05, 0) is 37.8 Å². The summed E-state index contributed by atoms with van der Waals surface area (Å²) in [6.45, 7) is 0.870. The molecular weight excluding hydrogens is 254 g/mol. The molecule has 108 valence electrons. The minimum absolute atomic E-state index is 0.156. The Kier molecular flexibility index (Phi) is 3.55. The molecule has 20 heavy (non-hydrogen) atoms. The Labute approximate surface area is 119 Å². The molecule has 1 unspecified atom stereocenters. The van der Waals surface area contributed by atoms with Crippen LogP contribution < -0.4 is 9.47 Å². The molecule has 0 N–H and O–H groups in total. The van der Waals surface area contributed by atoms with Crippen LogP contribution in [0.3, 0.4) is 0 Å². The van der Waals surface area contributed by atoms with Crippen molar-refractivity contribution in [3.63, 3.8) is 0 Å². The Morgan fingerprint density at radius 3 is 2.65 bits per heavy atom. The fourth-order valence-corrected chi connectivity index (χ4v) is 3.01. The van der Waals surface area contributed by atoms with Crippen LogP contribution in [0.15, 0.2) is 18.2 Å². The first-order valence-electron chi connectivity index (χ1n) is 7.27. The summed E-state index contributed by atoms with van der Waals surface area (Å²) in [5.41, 5.74) is 1.10. The number of ether oxygens (including phenoxy) is 2. The summed E-state index contributed by atoms with van der Waals surface area (Å²) in [6, 6.07) is 6.02. The third-order valence-corrected chi connectivity index (χ3v) is 4.26. The molecule has 1 aromatic rings. The lowest BCUT2D eigenvalue weighted by atomic mass is 10.0. The fraction of sp³-hybridized carbons (Fsp3) is 0.562. The minimum Gasteiger partial charge on any atom is -0.497 e. The molecule has 1 aliphatic carbocycles. The number of rotatable bonds is 4. The van der Waals surface area contributed by atoms with Gasteiger partial charge in [-0.2, -0.15) is 0 Å². The third-order valence-electron chi connectivity index (χ3n) is 4.26. The number of amides is 1. The maximum absolute atomic E-state index is 12.4. The number of hydrogen-bond acceptors (Lipinski definition) is 3. The van der Waals surface area contributed by atoms with E-state index in [1.165, 1.54) is 0 Å². The molecule has 2 fully saturated rings. The van der Waals surface area contributed by atoms with Gasteiger partial charge < -0.3 is 14.4 Å². The molecule has 4 heteroatoms. The lowest BCUT2D eigenvalue weighted by Crippen LogP contribution is -2.31. The Morgan fingerprint density at radius 1 is 1.20 bits per heavy atom. The minimum atomic E-state index is 0.156. The number of likely N-dealkylation sites (tertiary alicyclic amines) is 1. The van der Waals surface area contributed by atoms with E-state index in [-0.39, 0.29) is 12.0 Å².